The number of amides is 2. The van der Waals surface area contributed by atoms with Gasteiger partial charge in [0.1, 0.15) is 10.7 Å². The summed E-state index contributed by atoms with van der Waals surface area (Å²) in [6, 6.07) is 3.29. The monoisotopic (exact) mass is 485 g/mol. The van der Waals surface area contributed by atoms with Crippen LogP contribution in [0, 0.1) is 29.0 Å². The number of rotatable bonds is 7. The van der Waals surface area contributed by atoms with Crippen molar-refractivity contribution in [1.29, 1.82) is 0 Å². The average molecular weight is 486 g/mol. The van der Waals surface area contributed by atoms with Crippen LogP contribution in [0.4, 0.5) is 4.39 Å². The van der Waals surface area contributed by atoms with E-state index in [4.69, 9.17) is 17.3 Å². The minimum Gasteiger partial charge on any atom is -0.369 e. The molecule has 2 unspecified atom stereocenters. The Morgan fingerprint density at radius 3 is 2.41 bits per heavy atom. The molecule has 32 heavy (non-hydrogen) atoms. The topological polar surface area (TPSA) is 118 Å². The van der Waals surface area contributed by atoms with E-state index >= 15 is 0 Å². The van der Waals surface area contributed by atoms with E-state index in [1.807, 2.05) is 0 Å². The van der Waals surface area contributed by atoms with Gasteiger partial charge in [0.2, 0.25) is 21.8 Å². The van der Waals surface area contributed by atoms with Crippen molar-refractivity contribution in [2.24, 2.45) is 28.9 Å². The first-order valence-electron chi connectivity index (χ1n) is 10.9. The van der Waals surface area contributed by atoms with Gasteiger partial charge in [-0.25, -0.2) is 17.5 Å². The highest BCUT2D eigenvalue weighted by atomic mass is 35.5. The van der Waals surface area contributed by atoms with E-state index in [0.29, 0.717) is 18.8 Å². The van der Waals surface area contributed by atoms with E-state index in [-0.39, 0.29) is 41.1 Å². The Morgan fingerprint density at radius 2 is 1.84 bits per heavy atom. The van der Waals surface area contributed by atoms with Gasteiger partial charge in [-0.3, -0.25) is 9.59 Å². The van der Waals surface area contributed by atoms with E-state index in [0.717, 1.165) is 31.4 Å². The van der Waals surface area contributed by atoms with Crippen molar-refractivity contribution in [2.75, 3.05) is 0 Å². The van der Waals surface area contributed by atoms with Crippen molar-refractivity contribution in [2.45, 2.75) is 68.8 Å². The van der Waals surface area contributed by atoms with E-state index in [1.165, 1.54) is 6.07 Å². The summed E-state index contributed by atoms with van der Waals surface area (Å²) in [4.78, 5) is 24.4. The number of benzene rings is 1. The fraction of sp³-hybridized carbons (Fsp3) is 0.636. The lowest BCUT2D eigenvalue weighted by Gasteiger charge is -2.58. The molecule has 4 bridgehead atoms. The molecular formula is C22H29ClFN3O4S. The summed E-state index contributed by atoms with van der Waals surface area (Å²) in [5.74, 6) is -0.569. The molecule has 2 amide bonds. The van der Waals surface area contributed by atoms with Crippen LogP contribution in [0.15, 0.2) is 23.1 Å². The van der Waals surface area contributed by atoms with Crippen molar-refractivity contribution in [1.82, 2.24) is 10.0 Å². The van der Waals surface area contributed by atoms with Gasteiger partial charge in [0.05, 0.1) is 0 Å². The zero-order chi connectivity index (χ0) is 23.5. The van der Waals surface area contributed by atoms with Crippen LogP contribution in [0.1, 0.15) is 52.4 Å². The molecule has 0 saturated heterocycles. The third kappa shape index (κ3) is 4.39. The molecule has 10 heteroatoms. The fourth-order valence-electron chi connectivity index (χ4n) is 6.35. The molecule has 1 aromatic carbocycles. The van der Waals surface area contributed by atoms with Crippen LogP contribution in [0.3, 0.4) is 0 Å². The number of primary amides is 1. The summed E-state index contributed by atoms with van der Waals surface area (Å²) < 4.78 is 41.9. The second-order valence-corrected chi connectivity index (χ2v) is 12.5. The first-order valence-corrected chi connectivity index (χ1v) is 12.7. The molecule has 4 aliphatic rings. The van der Waals surface area contributed by atoms with Crippen LogP contribution in [0.2, 0.25) is 5.02 Å². The molecular weight excluding hydrogens is 457 g/mol. The third-order valence-corrected chi connectivity index (χ3v) is 9.29. The Kier molecular flexibility index (Phi) is 5.83. The van der Waals surface area contributed by atoms with Crippen molar-refractivity contribution < 1.29 is 22.4 Å². The Hall–Kier alpha value is -1.71. The standard InChI is InChI=1S/C22H29ClFN3O4S/c1-21(2,27-32(30,31)17-4-3-15(23)7-16(17)24)11-18(28)26-19-13-5-12-6-14(19)10-22(8-12,9-13)20(25)29/h3-4,7,12-14,19,27H,5-6,8-11H2,1-2H3,(H2,25,29)(H,26,28)/t12?,13?,14?,19-,22-. The van der Waals surface area contributed by atoms with E-state index < -0.39 is 31.7 Å². The molecule has 0 radical (unpaired) electrons. The molecule has 4 aliphatic carbocycles. The SMILES string of the molecule is CC(C)(CC(=O)N[C@H]1C2CC3CC1C[C@](C(N)=O)(C3)C2)NS(=O)(=O)c1ccc(Cl)cc1F. The van der Waals surface area contributed by atoms with Crippen LogP contribution in [0.25, 0.3) is 0 Å². The van der Waals surface area contributed by atoms with Crippen LogP contribution >= 0.6 is 11.6 Å². The van der Waals surface area contributed by atoms with Crippen molar-refractivity contribution >= 4 is 33.4 Å². The van der Waals surface area contributed by atoms with Crippen molar-refractivity contribution in [3.8, 4) is 0 Å². The fourth-order valence-corrected chi connectivity index (χ4v) is 7.98. The van der Waals surface area contributed by atoms with E-state index in [2.05, 4.69) is 10.0 Å². The minimum atomic E-state index is -4.19. The number of hydrogen-bond acceptors (Lipinski definition) is 4. The summed E-state index contributed by atoms with van der Waals surface area (Å²) in [5, 5.41) is 3.19. The molecule has 5 rings (SSSR count). The van der Waals surface area contributed by atoms with Gasteiger partial charge >= 0.3 is 0 Å². The summed E-state index contributed by atoms with van der Waals surface area (Å²) in [5.41, 5.74) is 4.14. The van der Waals surface area contributed by atoms with Gasteiger partial charge in [0, 0.05) is 28.4 Å². The van der Waals surface area contributed by atoms with Gasteiger partial charge in [-0.15, -0.1) is 0 Å². The molecule has 176 valence electrons. The predicted molar refractivity (Wildman–Crippen MR) is 118 cm³/mol. The molecule has 0 aliphatic heterocycles. The van der Waals surface area contributed by atoms with Crippen LogP contribution in [0.5, 0.6) is 0 Å². The highest BCUT2D eigenvalue weighted by Gasteiger charge is 2.58. The number of nitrogens with two attached hydrogens (primary N) is 1. The lowest BCUT2D eigenvalue weighted by molar-refractivity contribution is -0.147. The predicted octanol–water partition coefficient (Wildman–Crippen LogP) is 2.72. The lowest BCUT2D eigenvalue weighted by atomic mass is 9.47. The molecule has 0 spiro atoms. The van der Waals surface area contributed by atoms with Gasteiger partial charge < -0.3 is 11.1 Å². The zero-order valence-corrected chi connectivity index (χ0v) is 19.7. The summed E-state index contributed by atoms with van der Waals surface area (Å²) in [7, 11) is -4.19. The van der Waals surface area contributed by atoms with Gasteiger partial charge in [0.25, 0.3) is 0 Å². The number of sulfonamides is 1. The highest BCUT2D eigenvalue weighted by Crippen LogP contribution is 2.59. The Bertz CT molecular complexity index is 1050. The van der Waals surface area contributed by atoms with Crippen molar-refractivity contribution in [3.63, 3.8) is 0 Å². The largest absolute Gasteiger partial charge is 0.369 e. The van der Waals surface area contributed by atoms with Gasteiger partial charge in [-0.2, -0.15) is 0 Å². The Morgan fingerprint density at radius 1 is 1.22 bits per heavy atom. The van der Waals surface area contributed by atoms with Crippen LogP contribution < -0.4 is 15.8 Å². The molecule has 1 aromatic rings. The molecule has 4 saturated carbocycles. The molecule has 0 aromatic heterocycles. The van der Waals surface area contributed by atoms with Crippen LogP contribution in [-0.2, 0) is 19.6 Å². The lowest BCUT2D eigenvalue weighted by Crippen LogP contribution is -2.62. The summed E-state index contributed by atoms with van der Waals surface area (Å²) >= 11 is 5.71. The first kappa shape index (κ1) is 23.4. The second kappa shape index (κ2) is 7.95. The van der Waals surface area contributed by atoms with Crippen LogP contribution in [-0.4, -0.2) is 31.8 Å². The van der Waals surface area contributed by atoms with Gasteiger partial charge in [-0.1, -0.05) is 11.6 Å². The smallest absolute Gasteiger partial charge is 0.243 e. The third-order valence-electron chi connectivity index (χ3n) is 7.32. The molecule has 2 atom stereocenters. The number of carbonyl (C=O) groups is 2. The van der Waals surface area contributed by atoms with E-state index in [9.17, 15) is 22.4 Å². The molecule has 4 fully saturated rings. The maximum atomic E-state index is 14.1. The zero-order valence-electron chi connectivity index (χ0n) is 18.2. The number of carbonyl (C=O) groups excluding carboxylic acids is 2. The summed E-state index contributed by atoms with van der Waals surface area (Å²) in [6.07, 6.45) is 4.09. The molecule has 7 nitrogen and oxygen atoms in total. The van der Waals surface area contributed by atoms with Crippen molar-refractivity contribution in [3.05, 3.63) is 29.0 Å². The Labute approximate surface area is 192 Å². The Balaban J connectivity index is 1.41. The first-order chi connectivity index (χ1) is 14.8. The second-order valence-electron chi connectivity index (χ2n) is 10.4. The highest BCUT2D eigenvalue weighted by molar-refractivity contribution is 7.89. The maximum absolute atomic E-state index is 14.1. The minimum absolute atomic E-state index is 0.0346. The molecule has 4 N–H and O–H groups in total. The molecule has 0 heterocycles. The van der Waals surface area contributed by atoms with E-state index in [1.54, 1.807) is 13.8 Å². The normalized spacial score (nSPS) is 31.5. The number of halogens is 2. The van der Waals surface area contributed by atoms with Gasteiger partial charge in [0.15, 0.2) is 0 Å². The maximum Gasteiger partial charge on any atom is 0.243 e. The summed E-state index contributed by atoms with van der Waals surface area (Å²) in [6.45, 7) is 3.16. The number of nitrogens with one attached hydrogen (secondary N) is 2. The van der Waals surface area contributed by atoms with Gasteiger partial charge in [-0.05, 0) is 81.9 Å². The quantitative estimate of drug-likeness (QED) is 0.550. The average Bonchev–Trinajstić information content (AvgIpc) is 2.62. The number of hydrogen-bond donors (Lipinski definition) is 3.